The molecule has 1 atom stereocenters. The van der Waals surface area contributed by atoms with Gasteiger partial charge in [-0.1, -0.05) is 12.2 Å². The van der Waals surface area contributed by atoms with Crippen LogP contribution in [0.2, 0.25) is 0 Å². The van der Waals surface area contributed by atoms with Gasteiger partial charge in [0.25, 0.3) is 0 Å². The summed E-state index contributed by atoms with van der Waals surface area (Å²) in [5, 5.41) is 11.3. The van der Waals surface area contributed by atoms with Crippen LogP contribution in [0.1, 0.15) is 40.0 Å². The van der Waals surface area contributed by atoms with Crippen molar-refractivity contribution < 1.29 is 19.5 Å². The number of rotatable bonds is 9. The summed E-state index contributed by atoms with van der Waals surface area (Å²) in [5.74, 6) is -1.25. The maximum atomic E-state index is 11.7. The molecule has 4 N–H and O–H groups in total. The Bertz CT molecular complexity index is 453. The number of carbonyl (C=O) groups is 3. The summed E-state index contributed by atoms with van der Waals surface area (Å²) in [6, 6.07) is -0.845. The summed E-state index contributed by atoms with van der Waals surface area (Å²) in [6.07, 6.45) is 4.91. The number of nitrogens with one attached hydrogen (secondary N) is 1. The number of carbonyl (C=O) groups excluding carboxylic acids is 2. The van der Waals surface area contributed by atoms with E-state index in [0.29, 0.717) is 37.0 Å². The fourth-order valence-electron chi connectivity index (χ4n) is 1.40. The van der Waals surface area contributed by atoms with Gasteiger partial charge in [-0.3, -0.25) is 14.4 Å². The number of hydrogen-bond donors (Lipinski definition) is 3. The van der Waals surface area contributed by atoms with Crippen LogP contribution >= 0.6 is 0 Å². The second-order valence-corrected chi connectivity index (χ2v) is 4.95. The largest absolute Gasteiger partial charge is 0.480 e. The van der Waals surface area contributed by atoms with Crippen molar-refractivity contribution in [3.8, 4) is 0 Å². The van der Waals surface area contributed by atoms with Crippen molar-refractivity contribution >= 4 is 17.7 Å². The predicted octanol–water partition coefficient (Wildman–Crippen LogP) is 1.17. The van der Waals surface area contributed by atoms with Gasteiger partial charge in [-0.15, -0.1) is 0 Å². The van der Waals surface area contributed by atoms with Gasteiger partial charge in [0.1, 0.15) is 6.04 Å². The minimum absolute atomic E-state index is 0.0331. The summed E-state index contributed by atoms with van der Waals surface area (Å²) < 4.78 is 0. The fourth-order valence-corrected chi connectivity index (χ4v) is 1.40. The van der Waals surface area contributed by atoms with Gasteiger partial charge < -0.3 is 16.2 Å². The van der Waals surface area contributed by atoms with Crippen LogP contribution in [0.25, 0.3) is 0 Å². The molecule has 0 radical (unpaired) electrons. The number of ketones is 1. The smallest absolute Gasteiger partial charge is 0.320 e. The normalized spacial score (nSPS) is 13.7. The number of aliphatic carboxylic acids is 1. The monoisotopic (exact) mass is 296 g/mol. The van der Waals surface area contributed by atoms with E-state index >= 15 is 0 Å². The molecule has 0 saturated heterocycles. The summed E-state index contributed by atoms with van der Waals surface area (Å²) in [6.45, 7) is 5.29. The highest BCUT2D eigenvalue weighted by Crippen LogP contribution is 2.01. The summed E-state index contributed by atoms with van der Waals surface area (Å²) in [5.41, 5.74) is 6.47. The molecule has 21 heavy (non-hydrogen) atoms. The molecule has 0 bridgehead atoms. The van der Waals surface area contributed by atoms with Crippen molar-refractivity contribution in [2.75, 3.05) is 6.54 Å². The van der Waals surface area contributed by atoms with Crippen LogP contribution in [0.4, 0.5) is 0 Å². The van der Waals surface area contributed by atoms with Crippen LogP contribution in [0.15, 0.2) is 23.3 Å². The highest BCUT2D eigenvalue weighted by molar-refractivity contribution is 5.95. The lowest BCUT2D eigenvalue weighted by molar-refractivity contribution is -0.138. The Balaban J connectivity index is 4.04. The third-order valence-electron chi connectivity index (χ3n) is 3.04. The van der Waals surface area contributed by atoms with Crippen molar-refractivity contribution in [2.24, 2.45) is 5.73 Å². The molecule has 0 fully saturated rings. The maximum absolute atomic E-state index is 11.7. The Morgan fingerprint density at radius 1 is 1.10 bits per heavy atom. The highest BCUT2D eigenvalue weighted by Gasteiger charge is 2.10. The molecular formula is C15H24N2O4. The van der Waals surface area contributed by atoms with Gasteiger partial charge >= 0.3 is 5.97 Å². The molecule has 0 saturated carbocycles. The molecule has 0 spiro atoms. The summed E-state index contributed by atoms with van der Waals surface area (Å²) >= 11 is 0. The minimum atomic E-state index is -1.01. The molecule has 0 aromatic rings. The first-order valence-electron chi connectivity index (χ1n) is 6.88. The average Bonchev–Trinajstić information content (AvgIpc) is 2.42. The Morgan fingerprint density at radius 2 is 1.67 bits per heavy atom. The lowest BCUT2D eigenvalue weighted by Gasteiger charge is -2.07. The molecule has 118 valence electrons. The van der Waals surface area contributed by atoms with Crippen molar-refractivity contribution in [1.29, 1.82) is 0 Å². The highest BCUT2D eigenvalue weighted by atomic mass is 16.4. The number of carboxylic acid groups (broad SMARTS) is 1. The van der Waals surface area contributed by atoms with Crippen LogP contribution < -0.4 is 11.1 Å². The first kappa shape index (κ1) is 19.1. The third kappa shape index (κ3) is 8.75. The number of amides is 1. The second kappa shape index (κ2) is 9.88. The van der Waals surface area contributed by atoms with Crippen molar-refractivity contribution in [3.63, 3.8) is 0 Å². The van der Waals surface area contributed by atoms with E-state index in [1.807, 2.05) is 0 Å². The molecule has 0 aromatic carbocycles. The topological polar surface area (TPSA) is 109 Å². The number of hydrogen-bond acceptors (Lipinski definition) is 4. The molecular weight excluding hydrogens is 272 g/mol. The zero-order valence-corrected chi connectivity index (χ0v) is 12.8. The van der Waals surface area contributed by atoms with Gasteiger partial charge in [-0.25, -0.2) is 0 Å². The quantitative estimate of drug-likeness (QED) is 0.336. The van der Waals surface area contributed by atoms with Gasteiger partial charge in [0.15, 0.2) is 5.78 Å². The number of carboxylic acids is 1. The molecule has 6 nitrogen and oxygen atoms in total. The van der Waals surface area contributed by atoms with E-state index in [-0.39, 0.29) is 11.7 Å². The Hall–Kier alpha value is -1.95. The fraction of sp³-hybridized carbons (Fsp3) is 0.533. The molecule has 0 aliphatic carbocycles. The van der Waals surface area contributed by atoms with E-state index in [9.17, 15) is 14.4 Å². The number of allylic oxidation sites excluding steroid dienone is 3. The molecule has 0 aliphatic heterocycles. The lowest BCUT2D eigenvalue weighted by Crippen LogP contribution is -2.30. The Kier molecular flexibility index (Phi) is 8.96. The van der Waals surface area contributed by atoms with E-state index in [1.54, 1.807) is 26.0 Å². The molecule has 6 heteroatoms. The molecule has 1 amide bonds. The number of nitrogens with two attached hydrogens (primary N) is 1. The Morgan fingerprint density at radius 3 is 2.19 bits per heavy atom. The number of unbranched alkanes of at least 4 members (excludes halogenated alkanes) is 1. The van der Waals surface area contributed by atoms with Gasteiger partial charge in [0.2, 0.25) is 5.91 Å². The minimum Gasteiger partial charge on any atom is -0.480 e. The van der Waals surface area contributed by atoms with E-state index in [4.69, 9.17) is 10.8 Å². The first-order chi connectivity index (χ1) is 9.75. The van der Waals surface area contributed by atoms with Gasteiger partial charge in [0, 0.05) is 12.1 Å². The maximum Gasteiger partial charge on any atom is 0.320 e. The molecule has 0 aliphatic rings. The second-order valence-electron chi connectivity index (χ2n) is 4.95. The van der Waals surface area contributed by atoms with Crippen molar-refractivity contribution in [2.45, 2.75) is 46.1 Å². The molecule has 0 unspecified atom stereocenters. The summed E-state index contributed by atoms with van der Waals surface area (Å²) in [4.78, 5) is 33.2. The molecule has 0 aromatic heterocycles. The van der Waals surface area contributed by atoms with Crippen LogP contribution in [0.3, 0.4) is 0 Å². The lowest BCUT2D eigenvalue weighted by atomic mass is 10.1. The van der Waals surface area contributed by atoms with Crippen molar-refractivity contribution in [3.05, 3.63) is 23.3 Å². The average molecular weight is 296 g/mol. The number of Topliss-reactive ketones (excluding diaryl/α,β-unsaturated/α-hetero) is 1. The van der Waals surface area contributed by atoms with Crippen molar-refractivity contribution in [1.82, 2.24) is 5.32 Å². The SMILES string of the molecule is CC(=O)/C(C)=C/C=C(\C)C(=O)NCCCC[C@H](N)C(=O)O. The predicted molar refractivity (Wildman–Crippen MR) is 80.7 cm³/mol. The van der Waals surface area contributed by atoms with E-state index in [0.717, 1.165) is 0 Å². The Labute approximate surface area is 125 Å². The summed E-state index contributed by atoms with van der Waals surface area (Å²) in [7, 11) is 0. The van der Waals surface area contributed by atoms with E-state index in [2.05, 4.69) is 5.32 Å². The standard InChI is InChI=1S/C15H24N2O4/c1-10(12(3)18)7-8-11(2)14(19)17-9-5-4-6-13(16)15(20)21/h7-8,13H,4-6,9,16H2,1-3H3,(H,17,19)(H,20,21)/b10-7+,11-8+/t13-/m0/s1. The molecule has 0 rings (SSSR count). The van der Waals surface area contributed by atoms with Crippen LogP contribution in [-0.2, 0) is 14.4 Å². The van der Waals surface area contributed by atoms with E-state index < -0.39 is 12.0 Å². The zero-order chi connectivity index (χ0) is 16.4. The molecule has 0 heterocycles. The third-order valence-corrected chi connectivity index (χ3v) is 3.04. The van der Waals surface area contributed by atoms with Gasteiger partial charge in [-0.05, 0) is 45.6 Å². The van der Waals surface area contributed by atoms with Gasteiger partial charge in [-0.2, -0.15) is 0 Å². The zero-order valence-electron chi connectivity index (χ0n) is 12.8. The van der Waals surface area contributed by atoms with Gasteiger partial charge in [0.05, 0.1) is 0 Å². The van der Waals surface area contributed by atoms with Crippen LogP contribution in [0, 0.1) is 0 Å². The van der Waals surface area contributed by atoms with Crippen LogP contribution in [-0.4, -0.2) is 35.4 Å². The first-order valence-corrected chi connectivity index (χ1v) is 6.88. The van der Waals surface area contributed by atoms with Crippen LogP contribution in [0.5, 0.6) is 0 Å². The van der Waals surface area contributed by atoms with E-state index in [1.165, 1.54) is 6.92 Å².